The quantitative estimate of drug-likeness (QED) is 0.714. The van der Waals surface area contributed by atoms with Crippen molar-refractivity contribution in [3.63, 3.8) is 0 Å². The van der Waals surface area contributed by atoms with E-state index >= 15 is 0 Å². The van der Waals surface area contributed by atoms with E-state index in [4.69, 9.17) is 0 Å². The van der Waals surface area contributed by atoms with Crippen LogP contribution >= 0.6 is 0 Å². The van der Waals surface area contributed by atoms with Crippen LogP contribution in [0.3, 0.4) is 0 Å². The predicted molar refractivity (Wildman–Crippen MR) is 58.1 cm³/mol. The summed E-state index contributed by atoms with van der Waals surface area (Å²) in [5.41, 5.74) is 0. The lowest BCUT2D eigenvalue weighted by molar-refractivity contribution is -0.121. The van der Waals surface area contributed by atoms with E-state index in [0.29, 0.717) is 18.4 Å². The molecule has 1 aliphatic heterocycles. The van der Waals surface area contributed by atoms with Gasteiger partial charge in [0.05, 0.1) is 0 Å². The van der Waals surface area contributed by atoms with Crippen LogP contribution in [0.4, 0.5) is 0 Å². The highest BCUT2D eigenvalue weighted by Crippen LogP contribution is 2.14. The Hall–Kier alpha value is -0.570. The average molecular weight is 198 g/mol. The van der Waals surface area contributed by atoms with Gasteiger partial charge in [-0.15, -0.1) is 0 Å². The monoisotopic (exact) mass is 198 g/mol. The maximum Gasteiger partial charge on any atom is 0.220 e. The lowest BCUT2D eigenvalue weighted by atomic mass is 9.93. The third-order valence-electron chi connectivity index (χ3n) is 2.93. The molecule has 1 heterocycles. The van der Waals surface area contributed by atoms with Crippen LogP contribution in [-0.4, -0.2) is 25.0 Å². The predicted octanol–water partition coefficient (Wildman–Crippen LogP) is 1.29. The van der Waals surface area contributed by atoms with Crippen LogP contribution < -0.4 is 10.6 Å². The third kappa shape index (κ3) is 3.66. The lowest BCUT2D eigenvalue weighted by Crippen LogP contribution is -2.47. The molecule has 3 nitrogen and oxygen atoms in total. The lowest BCUT2D eigenvalue weighted by Gasteiger charge is -2.30. The number of nitrogens with one attached hydrogen (secondary N) is 2. The van der Waals surface area contributed by atoms with Gasteiger partial charge in [0.1, 0.15) is 0 Å². The highest BCUT2D eigenvalue weighted by molar-refractivity contribution is 5.75. The normalized spacial score (nSPS) is 27.3. The topological polar surface area (TPSA) is 41.1 Å². The number of piperidine rings is 1. The van der Waals surface area contributed by atoms with Crippen molar-refractivity contribution in [2.45, 2.75) is 45.6 Å². The second-order valence-corrected chi connectivity index (χ2v) is 4.23. The second-order valence-electron chi connectivity index (χ2n) is 4.23. The molecule has 0 aliphatic carbocycles. The Morgan fingerprint density at radius 1 is 1.57 bits per heavy atom. The number of amides is 1. The molecule has 0 aromatic heterocycles. The van der Waals surface area contributed by atoms with Gasteiger partial charge in [-0.3, -0.25) is 4.79 Å². The molecule has 0 aromatic carbocycles. The van der Waals surface area contributed by atoms with Crippen molar-refractivity contribution in [1.29, 1.82) is 0 Å². The van der Waals surface area contributed by atoms with Gasteiger partial charge in [0, 0.05) is 19.0 Å². The van der Waals surface area contributed by atoms with Crippen molar-refractivity contribution in [2.75, 3.05) is 13.1 Å². The molecule has 2 atom stereocenters. The van der Waals surface area contributed by atoms with E-state index < -0.39 is 0 Å². The molecule has 1 aliphatic rings. The van der Waals surface area contributed by atoms with E-state index in [0.717, 1.165) is 19.5 Å². The summed E-state index contributed by atoms with van der Waals surface area (Å²) in [6, 6.07) is 0.476. The third-order valence-corrected chi connectivity index (χ3v) is 2.93. The maximum absolute atomic E-state index is 11.3. The Balaban J connectivity index is 2.19. The number of hydrogen-bond donors (Lipinski definition) is 2. The van der Waals surface area contributed by atoms with Crippen LogP contribution in [0.2, 0.25) is 0 Å². The van der Waals surface area contributed by atoms with E-state index in [1.54, 1.807) is 0 Å². The van der Waals surface area contributed by atoms with Gasteiger partial charge in [-0.1, -0.05) is 13.8 Å². The zero-order valence-corrected chi connectivity index (χ0v) is 9.31. The largest absolute Gasteiger partial charge is 0.355 e. The summed E-state index contributed by atoms with van der Waals surface area (Å²) in [5, 5.41) is 6.43. The van der Waals surface area contributed by atoms with Crippen molar-refractivity contribution < 1.29 is 4.79 Å². The molecule has 2 N–H and O–H groups in total. The standard InChI is InChI=1S/C11H22N2O/c1-3-5-11(14)13-8-10-9(2)6-4-7-12-10/h9-10,12H,3-8H2,1-2H3,(H,13,14). The van der Waals surface area contributed by atoms with Crippen molar-refractivity contribution in [2.24, 2.45) is 5.92 Å². The minimum absolute atomic E-state index is 0.187. The Labute approximate surface area is 86.6 Å². The molecule has 2 unspecified atom stereocenters. The summed E-state index contributed by atoms with van der Waals surface area (Å²) in [4.78, 5) is 11.3. The molecule has 0 bridgehead atoms. The Morgan fingerprint density at radius 3 is 3.00 bits per heavy atom. The number of hydrogen-bond acceptors (Lipinski definition) is 2. The average Bonchev–Trinajstić information content (AvgIpc) is 2.17. The van der Waals surface area contributed by atoms with Gasteiger partial charge in [0.25, 0.3) is 0 Å². The Morgan fingerprint density at radius 2 is 2.36 bits per heavy atom. The van der Waals surface area contributed by atoms with Gasteiger partial charge in [0.15, 0.2) is 0 Å². The maximum atomic E-state index is 11.3. The first-order valence-corrected chi connectivity index (χ1v) is 5.74. The smallest absolute Gasteiger partial charge is 0.220 e. The van der Waals surface area contributed by atoms with Gasteiger partial charge in [-0.2, -0.15) is 0 Å². The van der Waals surface area contributed by atoms with E-state index in [2.05, 4.69) is 17.6 Å². The molecule has 1 fully saturated rings. The molecule has 0 aromatic rings. The Bertz CT molecular complexity index is 182. The van der Waals surface area contributed by atoms with Gasteiger partial charge in [0.2, 0.25) is 5.91 Å². The van der Waals surface area contributed by atoms with Crippen molar-refractivity contribution in [3.8, 4) is 0 Å². The van der Waals surface area contributed by atoms with E-state index in [1.165, 1.54) is 12.8 Å². The first kappa shape index (κ1) is 11.5. The second kappa shape index (κ2) is 6.02. The number of rotatable bonds is 4. The fraction of sp³-hybridized carbons (Fsp3) is 0.909. The van der Waals surface area contributed by atoms with E-state index in [-0.39, 0.29) is 5.91 Å². The van der Waals surface area contributed by atoms with E-state index in [9.17, 15) is 4.79 Å². The first-order chi connectivity index (χ1) is 6.74. The molecular weight excluding hydrogens is 176 g/mol. The van der Waals surface area contributed by atoms with Gasteiger partial charge in [-0.25, -0.2) is 0 Å². The van der Waals surface area contributed by atoms with Gasteiger partial charge in [-0.05, 0) is 31.7 Å². The Kier molecular flexibility index (Phi) is 4.94. The van der Waals surface area contributed by atoms with Gasteiger partial charge >= 0.3 is 0 Å². The minimum Gasteiger partial charge on any atom is -0.355 e. The zero-order chi connectivity index (χ0) is 10.4. The van der Waals surface area contributed by atoms with Crippen molar-refractivity contribution >= 4 is 5.91 Å². The van der Waals surface area contributed by atoms with Crippen LogP contribution in [0.1, 0.15) is 39.5 Å². The van der Waals surface area contributed by atoms with Gasteiger partial charge < -0.3 is 10.6 Å². The highest BCUT2D eigenvalue weighted by atomic mass is 16.1. The van der Waals surface area contributed by atoms with Crippen LogP contribution in [0.25, 0.3) is 0 Å². The van der Waals surface area contributed by atoms with Crippen LogP contribution in [-0.2, 0) is 4.79 Å². The minimum atomic E-state index is 0.187. The van der Waals surface area contributed by atoms with E-state index in [1.807, 2.05) is 6.92 Å². The fourth-order valence-corrected chi connectivity index (χ4v) is 1.93. The fourth-order valence-electron chi connectivity index (χ4n) is 1.93. The highest BCUT2D eigenvalue weighted by Gasteiger charge is 2.20. The van der Waals surface area contributed by atoms with Crippen molar-refractivity contribution in [1.82, 2.24) is 10.6 Å². The number of carbonyl (C=O) groups excluding carboxylic acids is 1. The molecule has 0 radical (unpaired) electrons. The molecule has 0 spiro atoms. The zero-order valence-electron chi connectivity index (χ0n) is 9.31. The molecule has 3 heteroatoms. The van der Waals surface area contributed by atoms with Crippen LogP contribution in [0.5, 0.6) is 0 Å². The summed E-state index contributed by atoms with van der Waals surface area (Å²) in [5.74, 6) is 0.873. The van der Waals surface area contributed by atoms with Crippen LogP contribution in [0.15, 0.2) is 0 Å². The summed E-state index contributed by atoms with van der Waals surface area (Å²) in [6.07, 6.45) is 4.13. The molecule has 0 saturated carbocycles. The molecule has 1 rings (SSSR count). The summed E-state index contributed by atoms with van der Waals surface area (Å²) in [7, 11) is 0. The SMILES string of the molecule is CCCC(=O)NCC1NCCCC1C. The summed E-state index contributed by atoms with van der Waals surface area (Å²) >= 11 is 0. The van der Waals surface area contributed by atoms with Crippen molar-refractivity contribution in [3.05, 3.63) is 0 Å². The summed E-state index contributed by atoms with van der Waals surface area (Å²) in [6.45, 7) is 6.17. The molecule has 14 heavy (non-hydrogen) atoms. The first-order valence-electron chi connectivity index (χ1n) is 5.74. The number of carbonyl (C=O) groups is 1. The van der Waals surface area contributed by atoms with Crippen LogP contribution in [0, 0.1) is 5.92 Å². The molecular formula is C11H22N2O. The molecule has 1 saturated heterocycles. The summed E-state index contributed by atoms with van der Waals surface area (Å²) < 4.78 is 0. The molecule has 82 valence electrons. The molecule has 1 amide bonds.